The maximum Gasteiger partial charge on any atom is 0.475 e. The Morgan fingerprint density at radius 1 is 0.820 bits per heavy atom. The number of hydrogen-bond acceptors (Lipinski definition) is 17. The molecule has 5 unspecified atom stereocenters. The highest BCUT2D eigenvalue weighted by Crippen LogP contribution is 2.35. The fourth-order valence-corrected chi connectivity index (χ4v) is 9.27. The van der Waals surface area contributed by atoms with E-state index >= 15 is 0 Å². The van der Waals surface area contributed by atoms with Gasteiger partial charge in [0.2, 0.25) is 23.6 Å². The van der Waals surface area contributed by atoms with Gasteiger partial charge in [-0.1, -0.05) is 0 Å². The van der Waals surface area contributed by atoms with Crippen LogP contribution in [0.1, 0.15) is 58.3 Å². The Labute approximate surface area is 354 Å². The second kappa shape index (κ2) is 20.6. The molecule has 61 heavy (non-hydrogen) atoms. The van der Waals surface area contributed by atoms with Crippen LogP contribution >= 0.6 is 0 Å². The molecule has 1 aliphatic carbocycles. The molecule has 22 nitrogen and oxygen atoms in total. The molecule has 6 fully saturated rings. The van der Waals surface area contributed by atoms with E-state index in [1.807, 2.05) is 4.90 Å². The van der Waals surface area contributed by atoms with Gasteiger partial charge < -0.3 is 50.2 Å². The van der Waals surface area contributed by atoms with Crippen LogP contribution in [0.15, 0.2) is 0 Å². The number of fused-ring (bicyclic) bond motifs is 7. The third kappa shape index (κ3) is 12.2. The van der Waals surface area contributed by atoms with Crippen molar-refractivity contribution in [1.29, 1.82) is 0 Å². The maximum absolute atomic E-state index is 13.9. The molecule has 5 saturated heterocycles. The Bertz CT molecular complexity index is 1660. The third-order valence-electron chi connectivity index (χ3n) is 12.7. The summed E-state index contributed by atoms with van der Waals surface area (Å²) in [6.07, 6.45) is 3.38. The van der Waals surface area contributed by atoms with Crippen molar-refractivity contribution in [3.05, 3.63) is 0 Å². The summed E-state index contributed by atoms with van der Waals surface area (Å²) in [6, 6.07) is -1.84. The molecule has 1 saturated carbocycles. The number of nitrogens with zero attached hydrogens (tertiary/aromatic N) is 5. The number of rotatable bonds is 13. The Kier molecular flexibility index (Phi) is 15.6. The van der Waals surface area contributed by atoms with E-state index in [0.29, 0.717) is 77.8 Å². The number of esters is 3. The topological polar surface area (TPSA) is 277 Å². The van der Waals surface area contributed by atoms with E-state index in [2.05, 4.69) is 16.0 Å². The lowest BCUT2D eigenvalue weighted by Gasteiger charge is -2.40. The van der Waals surface area contributed by atoms with Crippen LogP contribution < -0.4 is 16.0 Å². The van der Waals surface area contributed by atoms with Gasteiger partial charge in [-0.2, -0.15) is 0 Å². The monoisotopic (exact) mass is 862 g/mol. The van der Waals surface area contributed by atoms with Gasteiger partial charge in [0.05, 0.1) is 32.1 Å². The highest BCUT2D eigenvalue weighted by Gasteiger charge is 2.57. The molecule has 8 atom stereocenters. The summed E-state index contributed by atoms with van der Waals surface area (Å²) in [5.41, 5.74) is 0. The van der Waals surface area contributed by atoms with Gasteiger partial charge in [-0.25, -0.2) is 0 Å². The van der Waals surface area contributed by atoms with Gasteiger partial charge in [-0.3, -0.25) is 58.0 Å². The quantitative estimate of drug-likeness (QED) is 0.0759. The van der Waals surface area contributed by atoms with E-state index in [-0.39, 0.29) is 88.8 Å². The minimum atomic E-state index is -2.47. The molecule has 0 aromatic rings. The molecular weight excluding hydrogens is 803 g/mol. The second-order valence-electron chi connectivity index (χ2n) is 17.1. The summed E-state index contributed by atoms with van der Waals surface area (Å²) in [4.78, 5) is 113. The lowest BCUT2D eigenvalue weighted by molar-refractivity contribution is -0.352. The minimum Gasteiger partial charge on any atom is -0.480 e. The molecule has 1 spiro atoms. The number of carbonyl (C=O) groups excluding carboxylic acids is 7. The smallest absolute Gasteiger partial charge is 0.475 e. The zero-order chi connectivity index (χ0) is 43.8. The van der Waals surface area contributed by atoms with Gasteiger partial charge in [-0.15, -0.1) is 0 Å². The second-order valence-corrected chi connectivity index (χ2v) is 17.1. The number of likely N-dealkylation sites (tertiary alicyclic amines) is 1. The molecule has 0 aromatic carbocycles. The number of nitrogens with one attached hydrogen (secondary N) is 3. The predicted molar refractivity (Wildman–Crippen MR) is 210 cm³/mol. The Balaban J connectivity index is 0.988. The fourth-order valence-electron chi connectivity index (χ4n) is 9.27. The van der Waals surface area contributed by atoms with E-state index in [1.165, 1.54) is 4.90 Å². The Hall–Kier alpha value is -4.42. The molecule has 6 aliphatic rings. The molecular formula is C38H59BN8O14. The lowest BCUT2D eigenvalue weighted by Crippen LogP contribution is -2.58. The average Bonchev–Trinajstić information content (AvgIpc) is 3.67. The Morgan fingerprint density at radius 2 is 1.48 bits per heavy atom. The molecule has 0 aromatic heterocycles. The van der Waals surface area contributed by atoms with Crippen molar-refractivity contribution in [2.45, 2.75) is 82.3 Å². The van der Waals surface area contributed by atoms with Crippen LogP contribution in [0, 0.1) is 17.8 Å². The highest BCUT2D eigenvalue weighted by atomic mass is 16.9. The number of aliphatic carboxylic acids is 1. The van der Waals surface area contributed by atoms with Gasteiger partial charge >= 0.3 is 37.0 Å². The van der Waals surface area contributed by atoms with Gasteiger partial charge in [-0.05, 0) is 57.8 Å². The summed E-state index contributed by atoms with van der Waals surface area (Å²) in [5, 5.41) is 37.1. The summed E-state index contributed by atoms with van der Waals surface area (Å²) in [7, 11) is -1.64. The van der Waals surface area contributed by atoms with Crippen molar-refractivity contribution in [3.63, 3.8) is 0 Å². The molecule has 338 valence electrons. The molecule has 6 N–H and O–H groups in total. The predicted octanol–water partition coefficient (Wildman–Crippen LogP) is -4.07. The number of amides is 4. The first-order valence-corrected chi connectivity index (χ1v) is 21.4. The van der Waals surface area contributed by atoms with Crippen LogP contribution in [0.4, 0.5) is 0 Å². The molecule has 5 heterocycles. The van der Waals surface area contributed by atoms with Crippen molar-refractivity contribution >= 4 is 54.6 Å². The summed E-state index contributed by atoms with van der Waals surface area (Å²) >= 11 is 0. The van der Waals surface area contributed by atoms with Crippen LogP contribution in [-0.4, -0.2) is 210 Å². The molecule has 5 aliphatic heterocycles. The Morgan fingerprint density at radius 3 is 2.13 bits per heavy atom. The van der Waals surface area contributed by atoms with E-state index < -0.39 is 72.7 Å². The first-order chi connectivity index (χ1) is 29.1. The number of carbonyl (C=O) groups is 8. The third-order valence-corrected chi connectivity index (χ3v) is 12.7. The normalized spacial score (nSPS) is 32.5. The van der Waals surface area contributed by atoms with E-state index in [1.54, 1.807) is 21.6 Å². The van der Waals surface area contributed by atoms with Crippen molar-refractivity contribution in [2.75, 3.05) is 91.6 Å². The zero-order valence-electron chi connectivity index (χ0n) is 34.7. The standard InChI is InChI=1S/C38H59BN8O14/c1-24(36(55)47-10-2-3-29(47)39(57)58)42-35(54)26-6-4-25(5-7-26)17-40-31(49)18-41-30(48)9-8-28-37(56)61-38-27-19-45(21-32(50)51)14-13-43(22-33(52)59-38)11-12-44(23-34(53)60-38)15-16-46(28)20-27/h24-29,57-58H,2-23H2,1H3,(H,40,49)(H,41,48)(H,42,54)(H,50,51)/t24-,25?,26?,27?,28-,29+,38?/m1/s1. The number of carboxylic acid groups (broad SMARTS) is 1. The van der Waals surface area contributed by atoms with Crippen LogP contribution in [0.25, 0.3) is 0 Å². The zero-order valence-corrected chi connectivity index (χ0v) is 34.7. The van der Waals surface area contributed by atoms with Crippen LogP contribution in [0.3, 0.4) is 0 Å². The summed E-state index contributed by atoms with van der Waals surface area (Å²) in [6.45, 7) is 3.26. The van der Waals surface area contributed by atoms with Gasteiger partial charge in [0, 0.05) is 77.8 Å². The lowest BCUT2D eigenvalue weighted by atomic mass is 9.77. The number of ether oxygens (including phenoxy) is 3. The van der Waals surface area contributed by atoms with Crippen molar-refractivity contribution < 1.29 is 67.7 Å². The van der Waals surface area contributed by atoms with Gasteiger partial charge in [0.1, 0.15) is 18.0 Å². The summed E-state index contributed by atoms with van der Waals surface area (Å²) < 4.78 is 17.4. The maximum atomic E-state index is 13.9. The van der Waals surface area contributed by atoms with E-state index in [9.17, 15) is 53.5 Å². The molecule has 4 amide bonds. The first kappa shape index (κ1) is 46.1. The van der Waals surface area contributed by atoms with E-state index in [0.717, 1.165) is 0 Å². The largest absolute Gasteiger partial charge is 0.480 e. The minimum absolute atomic E-state index is 0.0103. The summed E-state index contributed by atoms with van der Waals surface area (Å²) in [5.74, 6) is -9.37. The van der Waals surface area contributed by atoms with Crippen LogP contribution in [0.2, 0.25) is 0 Å². The molecule has 0 radical (unpaired) electrons. The molecule has 23 heteroatoms. The SMILES string of the molecule is C[C@@H](NC(=O)C1CCC(CNC(=O)CNC(=O)CC[C@@H]2C(=O)OC34OC(=O)CN5CCN(CCN2CC3CN(CC(=O)O)CC5)CC(=O)O4)CC1)C(=O)N1CCC[C@H]1B(O)O. The van der Waals surface area contributed by atoms with Crippen molar-refractivity contribution in [1.82, 2.24) is 40.4 Å². The van der Waals surface area contributed by atoms with Gasteiger partial charge in [0.25, 0.3) is 0 Å². The molecule has 4 bridgehead atoms. The van der Waals surface area contributed by atoms with Crippen LogP contribution in [0.5, 0.6) is 0 Å². The number of carboxylic acids is 1. The average molecular weight is 863 g/mol. The number of hydrogen-bond donors (Lipinski definition) is 6. The highest BCUT2D eigenvalue weighted by molar-refractivity contribution is 6.43. The first-order valence-electron chi connectivity index (χ1n) is 21.4. The molecule has 6 rings (SSSR count). The van der Waals surface area contributed by atoms with Crippen molar-refractivity contribution in [3.8, 4) is 0 Å². The van der Waals surface area contributed by atoms with Crippen LogP contribution in [-0.2, 0) is 52.6 Å². The van der Waals surface area contributed by atoms with Gasteiger partial charge in [0.15, 0.2) is 0 Å². The fraction of sp³-hybridized carbons (Fsp3) is 0.789. The van der Waals surface area contributed by atoms with Crippen molar-refractivity contribution in [2.24, 2.45) is 17.8 Å². The van der Waals surface area contributed by atoms with E-state index in [4.69, 9.17) is 14.2 Å².